The van der Waals surface area contributed by atoms with Crippen LogP contribution in [0.1, 0.15) is 19.8 Å². The number of nitrogens with zero attached hydrogens (tertiary/aromatic N) is 4. The lowest BCUT2D eigenvalue weighted by Crippen LogP contribution is -2.57. The number of hydrogen-bond donors (Lipinski definition) is 2. The van der Waals surface area contributed by atoms with Crippen LogP contribution in [0.5, 0.6) is 0 Å². The summed E-state index contributed by atoms with van der Waals surface area (Å²) in [5, 5.41) is 0.501. The Morgan fingerprint density at radius 3 is 2.71 bits per heavy atom. The first-order chi connectivity index (χ1) is 15.0. The van der Waals surface area contributed by atoms with Gasteiger partial charge in [0.15, 0.2) is 0 Å². The van der Waals surface area contributed by atoms with Gasteiger partial charge in [0, 0.05) is 32.7 Å². The molecule has 12 heteroatoms. The number of aromatic nitrogens is 2. The molecule has 1 aromatic heterocycles. The Morgan fingerprint density at radius 2 is 2.03 bits per heavy atom. The second-order valence-electron chi connectivity index (χ2n) is 7.37. The van der Waals surface area contributed by atoms with Crippen molar-refractivity contribution in [1.82, 2.24) is 25.7 Å². The molecule has 2 N–H and O–H groups in total. The highest BCUT2D eigenvalue weighted by Gasteiger charge is 2.32. The summed E-state index contributed by atoms with van der Waals surface area (Å²) in [6, 6.07) is 0. The van der Waals surface area contributed by atoms with E-state index in [0.29, 0.717) is 63.3 Å². The standard InChI is InChI=1S/C19H28BrClN6O4/c1-2-14(31-15-11-24-25-18(29)17(15)20)12-30-8-3-16(28)26-4-6-27(7-5-26)19-22-9-13(21)10-23-19/h9-10,14-15,17,24H,2-8,11-12H2,1H3,(H,25,29)/t14-,15?,17?/m0/s1. The fourth-order valence-electron chi connectivity index (χ4n) is 3.35. The van der Waals surface area contributed by atoms with E-state index in [1.807, 2.05) is 16.7 Å². The fourth-order valence-corrected chi connectivity index (χ4v) is 3.88. The molecule has 2 saturated heterocycles. The Morgan fingerprint density at radius 1 is 1.32 bits per heavy atom. The monoisotopic (exact) mass is 518 g/mol. The summed E-state index contributed by atoms with van der Waals surface area (Å²) in [6.45, 7) is 5.83. The summed E-state index contributed by atoms with van der Waals surface area (Å²) in [5.41, 5.74) is 5.37. The largest absolute Gasteiger partial charge is 0.378 e. The van der Waals surface area contributed by atoms with Gasteiger partial charge in [0.25, 0.3) is 5.91 Å². The molecule has 2 amide bonds. The Labute approximate surface area is 195 Å². The maximum Gasteiger partial charge on any atom is 0.250 e. The van der Waals surface area contributed by atoms with E-state index in [0.717, 1.165) is 6.42 Å². The molecule has 0 radical (unpaired) electrons. The van der Waals surface area contributed by atoms with Crippen molar-refractivity contribution in [2.24, 2.45) is 0 Å². The van der Waals surface area contributed by atoms with Gasteiger partial charge in [0.2, 0.25) is 11.9 Å². The van der Waals surface area contributed by atoms with E-state index in [1.54, 1.807) is 12.4 Å². The van der Waals surface area contributed by atoms with Crippen LogP contribution in [-0.2, 0) is 19.1 Å². The highest BCUT2D eigenvalue weighted by molar-refractivity contribution is 9.10. The van der Waals surface area contributed by atoms with Crippen molar-refractivity contribution in [3.05, 3.63) is 17.4 Å². The van der Waals surface area contributed by atoms with Gasteiger partial charge < -0.3 is 19.3 Å². The number of alkyl halides is 1. The van der Waals surface area contributed by atoms with Crippen LogP contribution in [0.4, 0.5) is 5.95 Å². The van der Waals surface area contributed by atoms with E-state index in [1.165, 1.54) is 0 Å². The van der Waals surface area contributed by atoms with Crippen LogP contribution in [0.15, 0.2) is 12.4 Å². The van der Waals surface area contributed by atoms with Crippen LogP contribution in [0.3, 0.4) is 0 Å². The molecule has 0 aromatic carbocycles. The van der Waals surface area contributed by atoms with E-state index in [2.05, 4.69) is 36.7 Å². The van der Waals surface area contributed by atoms with Gasteiger partial charge in [0.1, 0.15) is 4.83 Å². The lowest BCUT2D eigenvalue weighted by molar-refractivity contribution is -0.135. The number of ether oxygens (including phenoxy) is 2. The molecule has 0 saturated carbocycles. The number of amides is 2. The Kier molecular flexibility index (Phi) is 9.27. The van der Waals surface area contributed by atoms with Gasteiger partial charge >= 0.3 is 0 Å². The van der Waals surface area contributed by atoms with Gasteiger partial charge in [-0.2, -0.15) is 0 Å². The van der Waals surface area contributed by atoms with E-state index >= 15 is 0 Å². The number of halogens is 2. The van der Waals surface area contributed by atoms with Crippen molar-refractivity contribution in [2.75, 3.05) is 50.8 Å². The number of hydrazine groups is 1. The average Bonchev–Trinajstić information content (AvgIpc) is 2.79. The van der Waals surface area contributed by atoms with Gasteiger partial charge in [-0.1, -0.05) is 34.5 Å². The third kappa shape index (κ3) is 6.98. The van der Waals surface area contributed by atoms with Gasteiger partial charge in [-0.05, 0) is 6.42 Å². The minimum atomic E-state index is -0.402. The van der Waals surface area contributed by atoms with Crippen LogP contribution in [-0.4, -0.2) is 89.7 Å². The first-order valence-electron chi connectivity index (χ1n) is 10.4. The second kappa shape index (κ2) is 11.9. The highest BCUT2D eigenvalue weighted by atomic mass is 79.9. The molecule has 3 heterocycles. The van der Waals surface area contributed by atoms with Crippen LogP contribution in [0.25, 0.3) is 0 Å². The molecule has 0 aliphatic carbocycles. The summed E-state index contributed by atoms with van der Waals surface area (Å²) in [6.07, 6.45) is 3.80. The van der Waals surface area contributed by atoms with Crippen molar-refractivity contribution in [1.29, 1.82) is 0 Å². The summed E-state index contributed by atoms with van der Waals surface area (Å²) in [7, 11) is 0. The summed E-state index contributed by atoms with van der Waals surface area (Å²) < 4.78 is 11.7. The van der Waals surface area contributed by atoms with Crippen LogP contribution < -0.4 is 15.8 Å². The molecule has 3 atom stereocenters. The lowest BCUT2D eigenvalue weighted by Gasteiger charge is -2.34. The molecule has 0 spiro atoms. The zero-order chi connectivity index (χ0) is 22.2. The quantitative estimate of drug-likeness (QED) is 0.363. The number of piperazine rings is 1. The normalized spacial score (nSPS) is 22.9. The summed E-state index contributed by atoms with van der Waals surface area (Å²) in [5.74, 6) is 0.543. The predicted molar refractivity (Wildman–Crippen MR) is 119 cm³/mol. The second-order valence-corrected chi connectivity index (χ2v) is 8.79. The first kappa shape index (κ1) is 24.1. The molecule has 2 aliphatic rings. The van der Waals surface area contributed by atoms with E-state index in [4.69, 9.17) is 21.1 Å². The molecule has 31 heavy (non-hydrogen) atoms. The fraction of sp³-hybridized carbons (Fsp3) is 0.684. The maximum atomic E-state index is 12.5. The molecular formula is C19H28BrClN6O4. The lowest BCUT2D eigenvalue weighted by atomic mass is 10.2. The van der Waals surface area contributed by atoms with Crippen LogP contribution >= 0.6 is 27.5 Å². The molecule has 2 unspecified atom stereocenters. The molecule has 10 nitrogen and oxygen atoms in total. The number of carbonyl (C=O) groups is 2. The molecule has 0 bridgehead atoms. The number of hydrogen-bond acceptors (Lipinski definition) is 8. The zero-order valence-corrected chi connectivity index (χ0v) is 19.8. The van der Waals surface area contributed by atoms with E-state index in [9.17, 15) is 9.59 Å². The number of rotatable bonds is 9. The SMILES string of the molecule is CC[C@@H](COCCC(=O)N1CCN(c2ncc(Cl)cn2)CC1)OC1CNNC(=O)C1Br. The third-order valence-corrected chi connectivity index (χ3v) is 6.40. The number of nitrogens with one attached hydrogen (secondary N) is 2. The molecule has 3 rings (SSSR count). The Bertz CT molecular complexity index is 735. The van der Waals surface area contributed by atoms with Crippen molar-refractivity contribution >= 4 is 45.3 Å². The van der Waals surface area contributed by atoms with Gasteiger partial charge in [-0.15, -0.1) is 0 Å². The van der Waals surface area contributed by atoms with E-state index < -0.39 is 4.83 Å². The topological polar surface area (TPSA) is 109 Å². The van der Waals surface area contributed by atoms with Gasteiger partial charge in [-0.25, -0.2) is 15.4 Å². The predicted octanol–water partition coefficient (Wildman–Crippen LogP) is 0.747. The highest BCUT2D eigenvalue weighted by Crippen LogP contribution is 2.16. The van der Waals surface area contributed by atoms with Crippen LogP contribution in [0.2, 0.25) is 5.02 Å². The Hall–Kier alpha value is -1.53. The maximum absolute atomic E-state index is 12.5. The minimum Gasteiger partial charge on any atom is -0.378 e. The number of anilines is 1. The third-order valence-electron chi connectivity index (χ3n) is 5.20. The van der Waals surface area contributed by atoms with E-state index in [-0.39, 0.29) is 24.0 Å². The van der Waals surface area contributed by atoms with Crippen molar-refractivity contribution < 1.29 is 19.1 Å². The molecule has 2 fully saturated rings. The zero-order valence-electron chi connectivity index (χ0n) is 17.4. The Balaban J connectivity index is 1.33. The summed E-state index contributed by atoms with van der Waals surface area (Å²) >= 11 is 9.19. The van der Waals surface area contributed by atoms with Gasteiger partial charge in [0.05, 0.1) is 49.3 Å². The van der Waals surface area contributed by atoms with Gasteiger partial charge in [-0.3, -0.25) is 15.0 Å². The molecule has 2 aliphatic heterocycles. The van der Waals surface area contributed by atoms with Crippen molar-refractivity contribution in [3.63, 3.8) is 0 Å². The van der Waals surface area contributed by atoms with Crippen LogP contribution in [0, 0.1) is 0 Å². The minimum absolute atomic E-state index is 0.0688. The average molecular weight is 520 g/mol. The van der Waals surface area contributed by atoms with Crippen molar-refractivity contribution in [2.45, 2.75) is 36.8 Å². The smallest absolute Gasteiger partial charge is 0.250 e. The first-order valence-corrected chi connectivity index (χ1v) is 11.7. The molecule has 172 valence electrons. The van der Waals surface area contributed by atoms with Crippen molar-refractivity contribution in [3.8, 4) is 0 Å². The molecular weight excluding hydrogens is 492 g/mol. The number of carbonyl (C=O) groups excluding carboxylic acids is 2. The molecule has 1 aromatic rings. The summed E-state index contributed by atoms with van der Waals surface area (Å²) in [4.78, 5) is 36.1.